The van der Waals surface area contributed by atoms with Gasteiger partial charge in [-0.15, -0.1) is 0 Å². The van der Waals surface area contributed by atoms with Crippen LogP contribution < -0.4 is 0 Å². The first-order chi connectivity index (χ1) is 7.61. The van der Waals surface area contributed by atoms with Crippen LogP contribution in [0, 0.1) is 5.41 Å². The lowest BCUT2D eigenvalue weighted by Gasteiger charge is -2.29. The summed E-state index contributed by atoms with van der Waals surface area (Å²) in [6, 6.07) is 0.789. The Balaban J connectivity index is 1.79. The van der Waals surface area contributed by atoms with E-state index in [0.717, 1.165) is 12.6 Å². The molecule has 0 radical (unpaired) electrons. The summed E-state index contributed by atoms with van der Waals surface area (Å²) in [6.07, 6.45) is 4.10. The summed E-state index contributed by atoms with van der Waals surface area (Å²) >= 11 is 0. The molecule has 16 heavy (non-hydrogen) atoms. The summed E-state index contributed by atoms with van der Waals surface area (Å²) in [5, 5.41) is 9.29. The molecule has 0 saturated carbocycles. The van der Waals surface area contributed by atoms with Crippen LogP contribution in [0.4, 0.5) is 0 Å². The molecule has 0 aliphatic carbocycles. The zero-order chi connectivity index (χ0) is 11.6. The largest absolute Gasteiger partial charge is 0.396 e. The van der Waals surface area contributed by atoms with E-state index in [-0.39, 0.29) is 12.0 Å². The van der Waals surface area contributed by atoms with Gasteiger partial charge in [0.2, 0.25) is 0 Å². The highest BCUT2D eigenvalue weighted by Crippen LogP contribution is 2.24. The van der Waals surface area contributed by atoms with Crippen LogP contribution >= 0.6 is 0 Å². The summed E-state index contributed by atoms with van der Waals surface area (Å²) in [6.45, 7) is 10.7. The smallest absolute Gasteiger partial charge is 0.0494 e. The van der Waals surface area contributed by atoms with Crippen molar-refractivity contribution in [3.8, 4) is 0 Å². The van der Waals surface area contributed by atoms with Crippen LogP contribution in [0.25, 0.3) is 0 Å². The quantitative estimate of drug-likeness (QED) is 0.779. The van der Waals surface area contributed by atoms with E-state index in [2.05, 4.69) is 23.6 Å². The second kappa shape index (κ2) is 5.03. The van der Waals surface area contributed by atoms with Crippen molar-refractivity contribution in [3.05, 3.63) is 0 Å². The number of aliphatic hydroxyl groups is 1. The molecule has 0 bridgehead atoms. The molecule has 94 valence electrons. The van der Waals surface area contributed by atoms with Crippen molar-refractivity contribution in [2.45, 2.75) is 39.2 Å². The molecular formula is C13H26N2O. The molecule has 2 fully saturated rings. The fourth-order valence-electron chi connectivity index (χ4n) is 3.02. The minimum absolute atomic E-state index is 0.0555. The molecule has 1 N–H and O–H groups in total. The SMILES string of the molecule is CC(C)(CO)CN1CCC(N2CCCC2)C1. The van der Waals surface area contributed by atoms with Crippen molar-refractivity contribution in [1.29, 1.82) is 0 Å². The van der Waals surface area contributed by atoms with Crippen molar-refractivity contribution in [1.82, 2.24) is 9.80 Å². The van der Waals surface area contributed by atoms with Crippen LogP contribution in [0.15, 0.2) is 0 Å². The number of hydrogen-bond donors (Lipinski definition) is 1. The molecule has 3 nitrogen and oxygen atoms in total. The van der Waals surface area contributed by atoms with Gasteiger partial charge < -0.3 is 10.0 Å². The van der Waals surface area contributed by atoms with Gasteiger partial charge in [-0.3, -0.25) is 4.90 Å². The summed E-state index contributed by atoms with van der Waals surface area (Å²) in [4.78, 5) is 5.19. The summed E-state index contributed by atoms with van der Waals surface area (Å²) in [5.74, 6) is 0. The molecule has 3 heteroatoms. The van der Waals surface area contributed by atoms with Gasteiger partial charge in [-0.2, -0.15) is 0 Å². The van der Waals surface area contributed by atoms with Crippen molar-refractivity contribution < 1.29 is 5.11 Å². The minimum Gasteiger partial charge on any atom is -0.396 e. The monoisotopic (exact) mass is 226 g/mol. The standard InChI is InChI=1S/C13H26N2O/c1-13(2,11-16)10-14-8-5-12(9-14)15-6-3-4-7-15/h12,16H,3-11H2,1-2H3. The number of nitrogens with zero attached hydrogens (tertiary/aromatic N) is 2. The van der Waals surface area contributed by atoms with E-state index in [1.807, 2.05) is 0 Å². The highest BCUT2D eigenvalue weighted by atomic mass is 16.3. The lowest BCUT2D eigenvalue weighted by atomic mass is 9.94. The maximum absolute atomic E-state index is 9.29. The number of hydrogen-bond acceptors (Lipinski definition) is 3. The zero-order valence-corrected chi connectivity index (χ0v) is 10.8. The Bertz CT molecular complexity index is 224. The van der Waals surface area contributed by atoms with E-state index < -0.39 is 0 Å². The molecule has 2 aliphatic rings. The fraction of sp³-hybridized carbons (Fsp3) is 1.00. The van der Waals surface area contributed by atoms with Gasteiger partial charge in [-0.25, -0.2) is 0 Å². The van der Waals surface area contributed by atoms with Gasteiger partial charge in [-0.1, -0.05) is 13.8 Å². The number of aliphatic hydroxyl groups excluding tert-OH is 1. The number of likely N-dealkylation sites (tertiary alicyclic amines) is 2. The third kappa shape index (κ3) is 2.96. The maximum Gasteiger partial charge on any atom is 0.0494 e. The molecule has 0 spiro atoms. The average Bonchev–Trinajstić information content (AvgIpc) is 2.86. The Morgan fingerprint density at radius 2 is 1.88 bits per heavy atom. The van der Waals surface area contributed by atoms with E-state index in [1.54, 1.807) is 0 Å². The molecule has 0 aromatic heterocycles. The average molecular weight is 226 g/mol. The van der Waals surface area contributed by atoms with Gasteiger partial charge >= 0.3 is 0 Å². The van der Waals surface area contributed by atoms with Crippen LogP contribution in [-0.4, -0.2) is 60.3 Å². The first-order valence-corrected chi connectivity index (χ1v) is 6.68. The molecule has 2 aliphatic heterocycles. The predicted octanol–water partition coefficient (Wildman–Crippen LogP) is 1.18. The first-order valence-electron chi connectivity index (χ1n) is 6.68. The minimum atomic E-state index is 0.0555. The highest BCUT2D eigenvalue weighted by Gasteiger charge is 2.31. The Hall–Kier alpha value is -0.120. The second-order valence-electron chi connectivity index (χ2n) is 6.24. The van der Waals surface area contributed by atoms with E-state index >= 15 is 0 Å². The Kier molecular flexibility index (Phi) is 3.88. The molecule has 2 saturated heterocycles. The Morgan fingerprint density at radius 3 is 2.50 bits per heavy atom. The van der Waals surface area contributed by atoms with Crippen molar-refractivity contribution in [2.24, 2.45) is 5.41 Å². The highest BCUT2D eigenvalue weighted by molar-refractivity contribution is 4.87. The van der Waals surface area contributed by atoms with Gasteiger partial charge in [0, 0.05) is 31.2 Å². The van der Waals surface area contributed by atoms with E-state index in [4.69, 9.17) is 0 Å². The van der Waals surface area contributed by atoms with Crippen molar-refractivity contribution in [2.75, 3.05) is 39.3 Å². The van der Waals surface area contributed by atoms with E-state index in [1.165, 1.54) is 45.4 Å². The Morgan fingerprint density at radius 1 is 1.19 bits per heavy atom. The van der Waals surface area contributed by atoms with Crippen LogP contribution in [0.5, 0.6) is 0 Å². The molecule has 1 atom stereocenters. The first kappa shape index (κ1) is 12.3. The topological polar surface area (TPSA) is 26.7 Å². The molecule has 2 rings (SSSR count). The molecular weight excluding hydrogens is 200 g/mol. The van der Waals surface area contributed by atoms with Crippen LogP contribution in [-0.2, 0) is 0 Å². The van der Waals surface area contributed by atoms with Gasteiger partial charge in [0.15, 0.2) is 0 Å². The summed E-state index contributed by atoms with van der Waals surface area (Å²) in [5.41, 5.74) is 0.0555. The lowest BCUT2D eigenvalue weighted by molar-refractivity contribution is 0.110. The van der Waals surface area contributed by atoms with Gasteiger partial charge in [0.1, 0.15) is 0 Å². The van der Waals surface area contributed by atoms with Crippen LogP contribution in [0.1, 0.15) is 33.1 Å². The fourth-order valence-corrected chi connectivity index (χ4v) is 3.02. The molecule has 0 aromatic rings. The van der Waals surface area contributed by atoms with E-state index in [0.29, 0.717) is 0 Å². The lowest BCUT2D eigenvalue weighted by Crippen LogP contribution is -2.39. The molecule has 0 aromatic carbocycles. The summed E-state index contributed by atoms with van der Waals surface area (Å²) < 4.78 is 0. The van der Waals surface area contributed by atoms with E-state index in [9.17, 15) is 5.11 Å². The van der Waals surface area contributed by atoms with Crippen LogP contribution in [0.2, 0.25) is 0 Å². The van der Waals surface area contributed by atoms with Gasteiger partial charge in [0.25, 0.3) is 0 Å². The molecule has 2 heterocycles. The third-order valence-corrected chi connectivity index (χ3v) is 3.98. The third-order valence-electron chi connectivity index (χ3n) is 3.98. The Labute approximate surface area is 99.4 Å². The predicted molar refractivity (Wildman–Crippen MR) is 66.5 cm³/mol. The number of rotatable bonds is 4. The van der Waals surface area contributed by atoms with Gasteiger partial charge in [-0.05, 0) is 38.9 Å². The normalized spacial score (nSPS) is 29.1. The van der Waals surface area contributed by atoms with Gasteiger partial charge in [0.05, 0.1) is 0 Å². The zero-order valence-electron chi connectivity index (χ0n) is 10.8. The summed E-state index contributed by atoms with van der Waals surface area (Å²) in [7, 11) is 0. The second-order valence-corrected chi connectivity index (χ2v) is 6.24. The molecule has 1 unspecified atom stereocenters. The van der Waals surface area contributed by atoms with Crippen molar-refractivity contribution in [3.63, 3.8) is 0 Å². The van der Waals surface area contributed by atoms with Crippen LogP contribution in [0.3, 0.4) is 0 Å². The van der Waals surface area contributed by atoms with Crippen molar-refractivity contribution >= 4 is 0 Å². The molecule has 0 amide bonds. The maximum atomic E-state index is 9.29.